The third-order valence-electron chi connectivity index (χ3n) is 6.71. The zero-order valence-corrected chi connectivity index (χ0v) is 21.8. The number of nitrogens with one attached hydrogen (secondary N) is 1. The van der Waals surface area contributed by atoms with Gasteiger partial charge in [0.15, 0.2) is 5.65 Å². The number of fused-ring (bicyclic) bond motifs is 3. The van der Waals surface area contributed by atoms with Gasteiger partial charge in [0, 0.05) is 50.5 Å². The number of likely N-dealkylation sites (N-methyl/N-ethyl adjacent to an activating group) is 1. The van der Waals surface area contributed by atoms with Gasteiger partial charge in [-0.15, -0.1) is 0 Å². The van der Waals surface area contributed by atoms with Crippen molar-refractivity contribution in [2.24, 2.45) is 0 Å². The van der Waals surface area contributed by atoms with Gasteiger partial charge in [0.05, 0.1) is 26.8 Å². The van der Waals surface area contributed by atoms with Gasteiger partial charge in [-0.25, -0.2) is 24.1 Å². The average Bonchev–Trinajstić information content (AvgIpc) is 3.36. The quantitative estimate of drug-likeness (QED) is 0.362. The number of hydrogen-bond donors (Lipinski definition) is 1. The molecule has 1 aliphatic rings. The summed E-state index contributed by atoms with van der Waals surface area (Å²) in [6.45, 7) is 5.78. The van der Waals surface area contributed by atoms with E-state index >= 15 is 0 Å². The van der Waals surface area contributed by atoms with Crippen LogP contribution in [-0.2, 0) is 0 Å². The van der Waals surface area contributed by atoms with E-state index in [4.69, 9.17) is 23.2 Å². The number of rotatable bonds is 4. The van der Waals surface area contributed by atoms with Crippen LogP contribution in [0.25, 0.3) is 22.2 Å². The Morgan fingerprint density at radius 3 is 2.57 bits per heavy atom. The van der Waals surface area contributed by atoms with Crippen LogP contribution in [0.15, 0.2) is 59.8 Å². The first-order valence-electron chi connectivity index (χ1n) is 11.9. The summed E-state index contributed by atoms with van der Waals surface area (Å²) in [6, 6.07) is 11.3. The van der Waals surface area contributed by atoms with Gasteiger partial charge in [-0.2, -0.15) is 0 Å². The number of hydrogen-bond acceptors (Lipinski definition) is 7. The van der Waals surface area contributed by atoms with Gasteiger partial charge in [0.25, 0.3) is 5.56 Å². The van der Waals surface area contributed by atoms with E-state index in [0.717, 1.165) is 43.1 Å². The molecule has 5 aromatic rings. The summed E-state index contributed by atoms with van der Waals surface area (Å²) in [4.78, 5) is 31.7. The maximum Gasteiger partial charge on any atom is 0.281 e. The lowest BCUT2D eigenvalue weighted by Gasteiger charge is -2.34. The van der Waals surface area contributed by atoms with E-state index < -0.39 is 0 Å². The normalized spacial score (nSPS) is 14.5. The number of aromatic nitrogens is 5. The van der Waals surface area contributed by atoms with E-state index in [-0.39, 0.29) is 5.56 Å². The number of halogens is 2. The SMILES string of the molecule is Cc1cccc(Cl)c1-n1c(=O)c2cnc(Nc3ccc(N4CCN(C)CC4)c(Cl)c3)nc2c2nccn21. The molecule has 0 radical (unpaired) electrons. The molecule has 0 bridgehead atoms. The molecular formula is C26H24Cl2N8O. The summed E-state index contributed by atoms with van der Waals surface area (Å²) in [5, 5.41) is 4.68. The Balaban J connectivity index is 1.38. The molecule has 0 spiro atoms. The Bertz CT molecular complexity index is 1680. The van der Waals surface area contributed by atoms with Gasteiger partial charge < -0.3 is 15.1 Å². The van der Waals surface area contributed by atoms with E-state index in [9.17, 15) is 4.79 Å². The maximum atomic E-state index is 13.6. The number of imidazole rings is 1. The van der Waals surface area contributed by atoms with Gasteiger partial charge in [0.1, 0.15) is 5.52 Å². The molecule has 0 unspecified atom stereocenters. The Hall–Kier alpha value is -3.66. The van der Waals surface area contributed by atoms with Gasteiger partial charge >= 0.3 is 0 Å². The topological polar surface area (TPSA) is 83.6 Å². The van der Waals surface area contributed by atoms with Crippen molar-refractivity contribution in [2.75, 3.05) is 43.4 Å². The molecule has 1 fully saturated rings. The van der Waals surface area contributed by atoms with Crippen LogP contribution in [0, 0.1) is 6.92 Å². The van der Waals surface area contributed by atoms with Crippen LogP contribution >= 0.6 is 23.2 Å². The summed E-state index contributed by atoms with van der Waals surface area (Å²) in [6.07, 6.45) is 4.86. The number of anilines is 3. The van der Waals surface area contributed by atoms with E-state index in [0.29, 0.717) is 38.2 Å². The molecule has 0 amide bonds. The van der Waals surface area contributed by atoms with Gasteiger partial charge in [-0.1, -0.05) is 35.3 Å². The van der Waals surface area contributed by atoms with Crippen molar-refractivity contribution < 1.29 is 0 Å². The van der Waals surface area contributed by atoms with Crippen LogP contribution in [0.1, 0.15) is 5.56 Å². The fourth-order valence-corrected chi connectivity index (χ4v) is 5.33. The molecule has 1 aliphatic heterocycles. The molecule has 37 heavy (non-hydrogen) atoms. The number of aryl methyl sites for hydroxylation is 1. The minimum Gasteiger partial charge on any atom is -0.368 e. The first-order valence-corrected chi connectivity index (χ1v) is 12.7. The first kappa shape index (κ1) is 23.7. The van der Waals surface area contributed by atoms with Crippen molar-refractivity contribution in [3.05, 3.63) is 81.0 Å². The molecule has 188 valence electrons. The summed E-state index contributed by atoms with van der Waals surface area (Å²) < 4.78 is 3.17. The van der Waals surface area contributed by atoms with Crippen molar-refractivity contribution >= 4 is 57.1 Å². The fourth-order valence-electron chi connectivity index (χ4n) is 4.73. The molecule has 0 atom stereocenters. The van der Waals surface area contributed by atoms with E-state index in [1.54, 1.807) is 23.0 Å². The lowest BCUT2D eigenvalue weighted by atomic mass is 10.2. The Labute approximate surface area is 222 Å². The highest BCUT2D eigenvalue weighted by molar-refractivity contribution is 6.33. The second-order valence-electron chi connectivity index (χ2n) is 9.16. The minimum atomic E-state index is -0.289. The Kier molecular flexibility index (Phi) is 5.98. The van der Waals surface area contributed by atoms with Gasteiger partial charge in [-0.05, 0) is 43.8 Å². The summed E-state index contributed by atoms with van der Waals surface area (Å²) in [7, 11) is 2.12. The van der Waals surface area contributed by atoms with Gasteiger partial charge in [0.2, 0.25) is 5.95 Å². The lowest BCUT2D eigenvalue weighted by Crippen LogP contribution is -2.44. The van der Waals surface area contributed by atoms with Crippen molar-refractivity contribution in [3.8, 4) is 5.69 Å². The summed E-state index contributed by atoms with van der Waals surface area (Å²) >= 11 is 13.1. The van der Waals surface area contributed by atoms with E-state index in [2.05, 4.69) is 37.1 Å². The molecule has 0 aliphatic carbocycles. The number of benzene rings is 2. The summed E-state index contributed by atoms with van der Waals surface area (Å²) in [5.41, 5.74) is 3.88. The Morgan fingerprint density at radius 1 is 1.00 bits per heavy atom. The largest absolute Gasteiger partial charge is 0.368 e. The average molecular weight is 535 g/mol. The monoisotopic (exact) mass is 534 g/mol. The molecule has 1 saturated heterocycles. The molecule has 4 heterocycles. The molecule has 3 aromatic heterocycles. The van der Waals surface area contributed by atoms with Crippen molar-refractivity contribution in [2.45, 2.75) is 6.92 Å². The molecule has 0 saturated carbocycles. The highest BCUT2D eigenvalue weighted by Gasteiger charge is 2.19. The molecule has 11 heteroatoms. The molecule has 1 N–H and O–H groups in total. The number of para-hydroxylation sites is 1. The van der Waals surface area contributed by atoms with Crippen LogP contribution in [0.3, 0.4) is 0 Å². The standard InChI is InChI=1S/C26H24Cl2N8O/c1-16-4-3-5-19(27)23(16)36-25(37)18-15-30-26(32-22(18)24-29-8-9-35(24)36)31-17-6-7-21(20(28)14-17)34-12-10-33(2)11-13-34/h3-9,14-15H,10-13H2,1-2H3,(H,30,31,32). The van der Waals surface area contributed by atoms with Crippen molar-refractivity contribution in [3.63, 3.8) is 0 Å². The van der Waals surface area contributed by atoms with Gasteiger partial charge in [-0.3, -0.25) is 4.79 Å². The number of piperazine rings is 1. The van der Waals surface area contributed by atoms with Crippen LogP contribution in [0.4, 0.5) is 17.3 Å². The van der Waals surface area contributed by atoms with Crippen LogP contribution in [-0.4, -0.2) is 62.3 Å². The fraction of sp³-hybridized carbons (Fsp3) is 0.231. The molecule has 6 rings (SSSR count). The highest BCUT2D eigenvalue weighted by atomic mass is 35.5. The van der Waals surface area contributed by atoms with Crippen LogP contribution in [0.2, 0.25) is 10.0 Å². The highest BCUT2D eigenvalue weighted by Crippen LogP contribution is 2.31. The zero-order chi connectivity index (χ0) is 25.7. The second-order valence-corrected chi connectivity index (χ2v) is 9.97. The molecule has 9 nitrogen and oxygen atoms in total. The van der Waals surface area contributed by atoms with Crippen molar-refractivity contribution in [1.29, 1.82) is 0 Å². The number of nitrogens with zero attached hydrogens (tertiary/aromatic N) is 7. The van der Waals surface area contributed by atoms with Crippen LogP contribution in [0.5, 0.6) is 0 Å². The molecule has 2 aromatic carbocycles. The van der Waals surface area contributed by atoms with E-state index in [1.807, 2.05) is 37.3 Å². The Morgan fingerprint density at radius 2 is 1.81 bits per heavy atom. The predicted octanol–water partition coefficient (Wildman–Crippen LogP) is 4.54. The molecular weight excluding hydrogens is 511 g/mol. The third-order valence-corrected chi connectivity index (χ3v) is 7.32. The summed E-state index contributed by atoms with van der Waals surface area (Å²) in [5.74, 6) is 0.340. The smallest absolute Gasteiger partial charge is 0.281 e. The lowest BCUT2D eigenvalue weighted by molar-refractivity contribution is 0.313. The first-order chi connectivity index (χ1) is 17.9. The zero-order valence-electron chi connectivity index (χ0n) is 20.3. The maximum absolute atomic E-state index is 13.6. The van der Waals surface area contributed by atoms with E-state index in [1.165, 1.54) is 10.9 Å². The van der Waals surface area contributed by atoms with Crippen LogP contribution < -0.4 is 15.8 Å². The second kappa shape index (κ2) is 9.33. The minimum absolute atomic E-state index is 0.289. The predicted molar refractivity (Wildman–Crippen MR) is 148 cm³/mol. The van der Waals surface area contributed by atoms with Crippen molar-refractivity contribution in [1.82, 2.24) is 29.0 Å². The third kappa shape index (κ3) is 4.19.